The molecule has 4 nitrogen and oxygen atoms in total. The lowest BCUT2D eigenvalue weighted by molar-refractivity contribution is -0.128. The van der Waals surface area contributed by atoms with Crippen molar-refractivity contribution in [2.45, 2.75) is 25.0 Å². The number of nitrogens with zero attached hydrogens (tertiary/aromatic N) is 1. The van der Waals surface area contributed by atoms with Crippen LogP contribution in [0.3, 0.4) is 0 Å². The molecule has 0 aliphatic carbocycles. The Balaban J connectivity index is 1.51. The number of carbonyl (C=O) groups excluding carboxylic acids is 2. The normalized spacial score (nSPS) is 34.6. The van der Waals surface area contributed by atoms with Crippen molar-refractivity contribution in [2.24, 2.45) is 11.8 Å². The van der Waals surface area contributed by atoms with Crippen LogP contribution in [0, 0.1) is 11.8 Å². The predicted octanol–water partition coefficient (Wildman–Crippen LogP) is 3.58. The highest BCUT2D eigenvalue weighted by Gasteiger charge is 2.70. The van der Waals surface area contributed by atoms with Crippen molar-refractivity contribution < 1.29 is 14.3 Å². The molecule has 5 rings (SSSR count). The third kappa shape index (κ3) is 1.88. The molecule has 3 aliphatic heterocycles. The molecule has 2 bridgehead atoms. The van der Waals surface area contributed by atoms with Gasteiger partial charge in [0, 0.05) is 0 Å². The molecule has 2 aromatic rings. The number of benzene rings is 2. The number of hydrogen-bond acceptors (Lipinski definition) is 3. The van der Waals surface area contributed by atoms with Crippen LogP contribution in [0.25, 0.3) is 11.1 Å². The second-order valence-electron chi connectivity index (χ2n) is 7.68. The molecule has 0 radical (unpaired) electrons. The van der Waals surface area contributed by atoms with Crippen LogP contribution < -0.4 is 4.90 Å². The average molecular weight is 345 g/mol. The SMILES string of the molecule is C[C@]12C=C[C@](C)(O1)[C@@H]1C(=O)N(c3ccc(-c4ccccc4)cc3)C(=O)[C@@H]12. The molecule has 0 spiro atoms. The maximum Gasteiger partial charge on any atom is 0.241 e. The lowest BCUT2D eigenvalue weighted by Gasteiger charge is -2.25. The van der Waals surface area contributed by atoms with E-state index in [2.05, 4.69) is 0 Å². The number of ether oxygens (including phenoxy) is 1. The fourth-order valence-electron chi connectivity index (χ4n) is 4.72. The van der Waals surface area contributed by atoms with Crippen molar-refractivity contribution in [1.29, 1.82) is 0 Å². The molecule has 0 unspecified atom stereocenters. The summed E-state index contributed by atoms with van der Waals surface area (Å²) < 4.78 is 6.04. The molecule has 3 heterocycles. The summed E-state index contributed by atoms with van der Waals surface area (Å²) in [4.78, 5) is 27.5. The largest absolute Gasteiger partial charge is 0.359 e. The summed E-state index contributed by atoms with van der Waals surface area (Å²) in [6.45, 7) is 3.79. The van der Waals surface area contributed by atoms with E-state index in [1.807, 2.05) is 80.6 Å². The molecular formula is C22H19NO3. The molecular weight excluding hydrogens is 326 g/mol. The molecule has 0 saturated carbocycles. The second kappa shape index (κ2) is 4.92. The Bertz CT molecular complexity index is 913. The summed E-state index contributed by atoms with van der Waals surface area (Å²) in [5, 5.41) is 0. The molecule has 3 aliphatic rings. The van der Waals surface area contributed by atoms with E-state index < -0.39 is 23.0 Å². The molecule has 0 aromatic heterocycles. The highest BCUT2D eigenvalue weighted by atomic mass is 16.5. The number of fused-ring (bicyclic) bond motifs is 5. The molecule has 4 heteroatoms. The molecule has 2 aromatic carbocycles. The Kier molecular flexibility index (Phi) is 2.94. The Morgan fingerprint density at radius 3 is 1.81 bits per heavy atom. The van der Waals surface area contributed by atoms with E-state index in [4.69, 9.17) is 4.74 Å². The van der Waals surface area contributed by atoms with Crippen LogP contribution in [-0.2, 0) is 14.3 Å². The number of hydrogen-bond donors (Lipinski definition) is 0. The van der Waals surface area contributed by atoms with Gasteiger partial charge in [-0.1, -0.05) is 54.6 Å². The Morgan fingerprint density at radius 2 is 1.27 bits per heavy atom. The number of carbonyl (C=O) groups is 2. The Morgan fingerprint density at radius 1 is 0.769 bits per heavy atom. The van der Waals surface area contributed by atoms with E-state index >= 15 is 0 Å². The van der Waals surface area contributed by atoms with Gasteiger partial charge in [0.05, 0.1) is 28.7 Å². The van der Waals surface area contributed by atoms with Gasteiger partial charge in [0.25, 0.3) is 0 Å². The van der Waals surface area contributed by atoms with E-state index in [1.54, 1.807) is 0 Å². The summed E-state index contributed by atoms with van der Waals surface area (Å²) in [7, 11) is 0. The third-order valence-electron chi connectivity index (χ3n) is 5.96. The number of anilines is 1. The van der Waals surface area contributed by atoms with Crippen molar-refractivity contribution >= 4 is 17.5 Å². The molecule has 2 saturated heterocycles. The summed E-state index contributed by atoms with van der Waals surface area (Å²) in [6, 6.07) is 17.6. The second-order valence-corrected chi connectivity index (χ2v) is 7.68. The zero-order chi connectivity index (χ0) is 18.1. The number of imide groups is 1. The Labute approximate surface area is 152 Å². The van der Waals surface area contributed by atoms with Crippen molar-refractivity contribution in [3.05, 3.63) is 66.7 Å². The average Bonchev–Trinajstić information content (AvgIpc) is 3.20. The minimum absolute atomic E-state index is 0.164. The standard InChI is InChI=1S/C22H19NO3/c1-21-12-13-22(2,26-21)18-17(21)19(24)23(20(18)25)16-10-8-15(9-11-16)14-6-4-3-5-7-14/h3-13,17-18H,1-2H3/t17-,18+,21-,22+. The summed E-state index contributed by atoms with van der Waals surface area (Å²) in [5.41, 5.74) is 1.40. The summed E-state index contributed by atoms with van der Waals surface area (Å²) in [5.74, 6) is -1.22. The molecule has 2 amide bonds. The van der Waals surface area contributed by atoms with Crippen molar-refractivity contribution in [1.82, 2.24) is 0 Å². The van der Waals surface area contributed by atoms with Gasteiger partial charge in [0.15, 0.2) is 0 Å². The highest BCUT2D eigenvalue weighted by molar-refractivity contribution is 6.23. The zero-order valence-electron chi connectivity index (χ0n) is 14.7. The van der Waals surface area contributed by atoms with Gasteiger partial charge in [0.2, 0.25) is 11.8 Å². The van der Waals surface area contributed by atoms with Crippen LogP contribution in [-0.4, -0.2) is 23.0 Å². The van der Waals surface area contributed by atoms with Gasteiger partial charge in [-0.3, -0.25) is 9.59 Å². The molecule has 26 heavy (non-hydrogen) atoms. The van der Waals surface area contributed by atoms with Crippen LogP contribution in [0.2, 0.25) is 0 Å². The van der Waals surface area contributed by atoms with Crippen molar-refractivity contribution in [3.63, 3.8) is 0 Å². The number of amides is 2. The van der Waals surface area contributed by atoms with E-state index in [9.17, 15) is 9.59 Å². The first-order chi connectivity index (χ1) is 12.4. The minimum Gasteiger partial charge on any atom is -0.359 e. The fraction of sp³-hybridized carbons (Fsp3) is 0.273. The first-order valence-corrected chi connectivity index (χ1v) is 8.87. The van der Waals surface area contributed by atoms with E-state index in [1.165, 1.54) is 4.90 Å². The van der Waals surface area contributed by atoms with E-state index in [0.29, 0.717) is 5.69 Å². The quantitative estimate of drug-likeness (QED) is 0.617. The first kappa shape index (κ1) is 15.5. The molecule has 2 fully saturated rings. The van der Waals surface area contributed by atoms with Gasteiger partial charge in [-0.05, 0) is 37.1 Å². The van der Waals surface area contributed by atoms with Gasteiger partial charge in [-0.15, -0.1) is 0 Å². The van der Waals surface area contributed by atoms with Crippen LogP contribution in [0.5, 0.6) is 0 Å². The summed E-state index contributed by atoms with van der Waals surface area (Å²) in [6.07, 6.45) is 3.86. The topological polar surface area (TPSA) is 46.6 Å². The van der Waals surface area contributed by atoms with Gasteiger partial charge in [-0.25, -0.2) is 4.90 Å². The highest BCUT2D eigenvalue weighted by Crippen LogP contribution is 2.57. The summed E-state index contributed by atoms with van der Waals surface area (Å²) >= 11 is 0. The lowest BCUT2D eigenvalue weighted by Crippen LogP contribution is -2.39. The maximum atomic E-state index is 13.1. The van der Waals surface area contributed by atoms with Crippen LogP contribution >= 0.6 is 0 Å². The van der Waals surface area contributed by atoms with Crippen LogP contribution in [0.4, 0.5) is 5.69 Å². The molecule has 0 N–H and O–H groups in total. The third-order valence-corrected chi connectivity index (χ3v) is 5.96. The van der Waals surface area contributed by atoms with Gasteiger partial charge in [-0.2, -0.15) is 0 Å². The fourth-order valence-corrected chi connectivity index (χ4v) is 4.72. The molecule has 130 valence electrons. The van der Waals surface area contributed by atoms with Gasteiger partial charge < -0.3 is 4.74 Å². The van der Waals surface area contributed by atoms with Gasteiger partial charge in [0.1, 0.15) is 0 Å². The van der Waals surface area contributed by atoms with Gasteiger partial charge >= 0.3 is 0 Å². The lowest BCUT2D eigenvalue weighted by atomic mass is 9.73. The Hall–Kier alpha value is -2.72. The van der Waals surface area contributed by atoms with Crippen LogP contribution in [0.1, 0.15) is 13.8 Å². The maximum absolute atomic E-state index is 13.1. The molecule has 4 atom stereocenters. The van der Waals surface area contributed by atoms with Crippen molar-refractivity contribution in [2.75, 3.05) is 4.90 Å². The predicted molar refractivity (Wildman–Crippen MR) is 98.4 cm³/mol. The van der Waals surface area contributed by atoms with Crippen LogP contribution in [0.15, 0.2) is 66.7 Å². The van der Waals surface area contributed by atoms with Crippen molar-refractivity contribution in [3.8, 4) is 11.1 Å². The monoisotopic (exact) mass is 345 g/mol. The first-order valence-electron chi connectivity index (χ1n) is 8.87. The van der Waals surface area contributed by atoms with E-state index in [0.717, 1.165) is 11.1 Å². The smallest absolute Gasteiger partial charge is 0.241 e. The number of rotatable bonds is 2. The minimum atomic E-state index is -0.690. The van der Waals surface area contributed by atoms with E-state index in [-0.39, 0.29) is 11.8 Å². The zero-order valence-corrected chi connectivity index (χ0v) is 14.7.